The minimum atomic E-state index is 0.463. The summed E-state index contributed by atoms with van der Waals surface area (Å²) in [5.41, 5.74) is 4.15. The number of benzene rings is 1. The van der Waals surface area contributed by atoms with Gasteiger partial charge < -0.3 is 10.1 Å². The summed E-state index contributed by atoms with van der Waals surface area (Å²) in [6, 6.07) is 6.96. The first-order valence-corrected chi connectivity index (χ1v) is 6.46. The minimum absolute atomic E-state index is 0.463. The fourth-order valence-corrected chi connectivity index (χ4v) is 2.05. The van der Waals surface area contributed by atoms with Crippen LogP contribution >= 0.6 is 0 Å². The Hall–Kier alpha value is -0.860. The summed E-state index contributed by atoms with van der Waals surface area (Å²) in [7, 11) is 1.77. The van der Waals surface area contributed by atoms with Crippen LogP contribution in [0.5, 0.6) is 0 Å². The van der Waals surface area contributed by atoms with Gasteiger partial charge in [-0.05, 0) is 37.0 Å². The van der Waals surface area contributed by atoms with Gasteiger partial charge >= 0.3 is 0 Å². The Morgan fingerprint density at radius 1 is 1.29 bits per heavy atom. The molecule has 2 heteroatoms. The standard InChI is InChI=1S/C15H25NO/c1-5-7-15(11-17-4)16-10-14-9-6-8-12(2)13(14)3/h6,8-9,15-16H,5,7,10-11H2,1-4H3. The fraction of sp³-hybridized carbons (Fsp3) is 0.600. The molecule has 0 spiro atoms. The predicted octanol–water partition coefficient (Wildman–Crippen LogP) is 3.21. The van der Waals surface area contributed by atoms with Crippen LogP contribution in [0, 0.1) is 13.8 Å². The van der Waals surface area contributed by atoms with Gasteiger partial charge in [0.2, 0.25) is 0 Å². The molecule has 1 unspecified atom stereocenters. The Labute approximate surface area is 105 Å². The Bertz CT molecular complexity index is 330. The van der Waals surface area contributed by atoms with Crippen LogP contribution in [0.2, 0.25) is 0 Å². The maximum absolute atomic E-state index is 5.24. The van der Waals surface area contributed by atoms with E-state index in [1.807, 2.05) is 0 Å². The lowest BCUT2D eigenvalue weighted by molar-refractivity contribution is 0.161. The van der Waals surface area contributed by atoms with Crippen LogP contribution < -0.4 is 5.32 Å². The number of hydrogen-bond donors (Lipinski definition) is 1. The Morgan fingerprint density at radius 3 is 2.71 bits per heavy atom. The molecule has 0 aliphatic heterocycles. The molecule has 1 rings (SSSR count). The molecule has 17 heavy (non-hydrogen) atoms. The molecule has 1 aromatic carbocycles. The van der Waals surface area contributed by atoms with Gasteiger partial charge in [-0.25, -0.2) is 0 Å². The number of nitrogens with one attached hydrogen (secondary N) is 1. The van der Waals surface area contributed by atoms with E-state index in [2.05, 4.69) is 44.3 Å². The van der Waals surface area contributed by atoms with Crippen LogP contribution in [-0.4, -0.2) is 19.8 Å². The van der Waals surface area contributed by atoms with Gasteiger partial charge in [-0.2, -0.15) is 0 Å². The predicted molar refractivity (Wildman–Crippen MR) is 73.3 cm³/mol. The molecule has 1 aromatic rings. The summed E-state index contributed by atoms with van der Waals surface area (Å²) in [5, 5.41) is 3.58. The van der Waals surface area contributed by atoms with E-state index in [9.17, 15) is 0 Å². The van der Waals surface area contributed by atoms with E-state index in [1.54, 1.807) is 7.11 Å². The average Bonchev–Trinajstić information content (AvgIpc) is 2.31. The smallest absolute Gasteiger partial charge is 0.0615 e. The van der Waals surface area contributed by atoms with Crippen LogP contribution in [-0.2, 0) is 11.3 Å². The topological polar surface area (TPSA) is 21.3 Å². The van der Waals surface area contributed by atoms with Gasteiger partial charge in [-0.1, -0.05) is 31.5 Å². The van der Waals surface area contributed by atoms with E-state index in [0.717, 1.165) is 13.2 Å². The molecule has 0 amide bonds. The molecule has 0 radical (unpaired) electrons. The molecule has 0 heterocycles. The van der Waals surface area contributed by atoms with Crippen LogP contribution in [0.1, 0.15) is 36.5 Å². The molecule has 96 valence electrons. The highest BCUT2D eigenvalue weighted by atomic mass is 16.5. The monoisotopic (exact) mass is 235 g/mol. The third kappa shape index (κ3) is 4.49. The highest BCUT2D eigenvalue weighted by Crippen LogP contribution is 2.12. The van der Waals surface area contributed by atoms with Crippen molar-refractivity contribution in [1.29, 1.82) is 0 Å². The highest BCUT2D eigenvalue weighted by molar-refractivity contribution is 5.32. The van der Waals surface area contributed by atoms with Gasteiger partial charge in [0.05, 0.1) is 6.61 Å². The second kappa shape index (κ2) is 7.46. The molecule has 0 aliphatic carbocycles. The van der Waals surface area contributed by atoms with Crippen molar-refractivity contribution >= 4 is 0 Å². The summed E-state index contributed by atoms with van der Waals surface area (Å²) in [6.45, 7) is 8.29. The molecule has 2 nitrogen and oxygen atoms in total. The van der Waals surface area contributed by atoms with Gasteiger partial charge in [-0.3, -0.25) is 0 Å². The Kier molecular flexibility index (Phi) is 6.23. The Morgan fingerprint density at radius 2 is 2.06 bits per heavy atom. The second-order valence-electron chi connectivity index (χ2n) is 4.68. The van der Waals surface area contributed by atoms with E-state index < -0.39 is 0 Å². The highest BCUT2D eigenvalue weighted by Gasteiger charge is 2.07. The zero-order valence-corrected chi connectivity index (χ0v) is 11.5. The first-order valence-electron chi connectivity index (χ1n) is 6.46. The number of rotatable bonds is 7. The number of methoxy groups -OCH3 is 1. The molecule has 1 N–H and O–H groups in total. The largest absolute Gasteiger partial charge is 0.383 e. The first-order chi connectivity index (χ1) is 8.19. The third-order valence-corrected chi connectivity index (χ3v) is 3.30. The van der Waals surface area contributed by atoms with E-state index in [0.29, 0.717) is 6.04 Å². The van der Waals surface area contributed by atoms with Crippen molar-refractivity contribution in [1.82, 2.24) is 5.32 Å². The first kappa shape index (κ1) is 14.2. The van der Waals surface area contributed by atoms with Gasteiger partial charge in [0.15, 0.2) is 0 Å². The van der Waals surface area contributed by atoms with E-state index in [4.69, 9.17) is 4.74 Å². The third-order valence-electron chi connectivity index (χ3n) is 3.30. The van der Waals surface area contributed by atoms with E-state index in [1.165, 1.54) is 29.5 Å². The average molecular weight is 235 g/mol. The van der Waals surface area contributed by atoms with Gasteiger partial charge in [0, 0.05) is 19.7 Å². The van der Waals surface area contributed by atoms with Crippen molar-refractivity contribution < 1.29 is 4.74 Å². The summed E-state index contributed by atoms with van der Waals surface area (Å²) >= 11 is 0. The number of aryl methyl sites for hydroxylation is 1. The number of ether oxygens (including phenoxy) is 1. The van der Waals surface area contributed by atoms with Gasteiger partial charge in [0.25, 0.3) is 0 Å². The minimum Gasteiger partial charge on any atom is -0.383 e. The summed E-state index contributed by atoms with van der Waals surface area (Å²) in [6.07, 6.45) is 2.35. The fourth-order valence-electron chi connectivity index (χ4n) is 2.05. The van der Waals surface area contributed by atoms with Crippen molar-refractivity contribution in [2.45, 2.75) is 46.2 Å². The summed E-state index contributed by atoms with van der Waals surface area (Å²) < 4.78 is 5.24. The van der Waals surface area contributed by atoms with Crippen LogP contribution in [0.3, 0.4) is 0 Å². The molecule has 0 aliphatic rings. The van der Waals surface area contributed by atoms with Gasteiger partial charge in [-0.15, -0.1) is 0 Å². The lowest BCUT2D eigenvalue weighted by atomic mass is 10.0. The Balaban J connectivity index is 2.55. The van der Waals surface area contributed by atoms with Gasteiger partial charge in [0.1, 0.15) is 0 Å². The van der Waals surface area contributed by atoms with Crippen LogP contribution in [0.25, 0.3) is 0 Å². The number of hydrogen-bond acceptors (Lipinski definition) is 2. The van der Waals surface area contributed by atoms with Crippen molar-refractivity contribution in [3.63, 3.8) is 0 Å². The molecule has 1 atom stereocenters. The van der Waals surface area contributed by atoms with E-state index >= 15 is 0 Å². The van der Waals surface area contributed by atoms with Crippen molar-refractivity contribution in [2.75, 3.05) is 13.7 Å². The van der Waals surface area contributed by atoms with Crippen LogP contribution in [0.4, 0.5) is 0 Å². The molecule has 0 aromatic heterocycles. The molecule has 0 saturated carbocycles. The maximum Gasteiger partial charge on any atom is 0.0615 e. The summed E-state index contributed by atoms with van der Waals surface area (Å²) in [4.78, 5) is 0. The van der Waals surface area contributed by atoms with Crippen molar-refractivity contribution in [3.05, 3.63) is 34.9 Å². The molecule has 0 fully saturated rings. The molecular formula is C15H25NO. The molecular weight excluding hydrogens is 210 g/mol. The quantitative estimate of drug-likeness (QED) is 0.783. The van der Waals surface area contributed by atoms with Crippen LogP contribution in [0.15, 0.2) is 18.2 Å². The molecule has 0 saturated heterocycles. The summed E-state index contributed by atoms with van der Waals surface area (Å²) in [5.74, 6) is 0. The zero-order valence-electron chi connectivity index (χ0n) is 11.5. The lowest BCUT2D eigenvalue weighted by Crippen LogP contribution is -2.32. The second-order valence-corrected chi connectivity index (χ2v) is 4.68. The van der Waals surface area contributed by atoms with Crippen molar-refractivity contribution in [3.8, 4) is 0 Å². The SMILES string of the molecule is CCCC(COC)NCc1cccc(C)c1C. The normalized spacial score (nSPS) is 12.7. The lowest BCUT2D eigenvalue weighted by Gasteiger charge is -2.18. The maximum atomic E-state index is 5.24. The molecule has 0 bridgehead atoms. The van der Waals surface area contributed by atoms with Crippen molar-refractivity contribution in [2.24, 2.45) is 0 Å². The zero-order chi connectivity index (χ0) is 12.7. The van der Waals surface area contributed by atoms with E-state index in [-0.39, 0.29) is 0 Å².